The molecule has 0 unspecified atom stereocenters. The first-order valence-electron chi connectivity index (χ1n) is 7.13. The number of nitrogens with one attached hydrogen (secondary N) is 2. The number of aromatic nitrogens is 2. The van der Waals surface area contributed by atoms with Crippen molar-refractivity contribution in [3.63, 3.8) is 0 Å². The van der Waals surface area contributed by atoms with Crippen molar-refractivity contribution in [2.75, 3.05) is 20.3 Å². The quantitative estimate of drug-likeness (QED) is 0.346. The molecule has 0 amide bonds. The van der Waals surface area contributed by atoms with E-state index in [4.69, 9.17) is 14.6 Å². The molecule has 0 bridgehead atoms. The summed E-state index contributed by atoms with van der Waals surface area (Å²) in [6.45, 7) is -0.911. The molecule has 134 valence electrons. The highest BCUT2D eigenvalue weighted by Gasteiger charge is 2.45. The largest absolute Gasteiger partial charge is 0.480 e. The summed E-state index contributed by atoms with van der Waals surface area (Å²) in [5, 5.41) is 30.4. The summed E-state index contributed by atoms with van der Waals surface area (Å²) in [4.78, 5) is 36.4. The van der Waals surface area contributed by atoms with Crippen molar-refractivity contribution in [1.82, 2.24) is 14.9 Å². The highest BCUT2D eigenvalue weighted by Crippen LogP contribution is 2.30. The lowest BCUT2D eigenvalue weighted by Gasteiger charge is -2.20. The van der Waals surface area contributed by atoms with E-state index in [1.807, 2.05) is 0 Å². The van der Waals surface area contributed by atoms with Crippen LogP contribution < -0.4 is 16.6 Å². The van der Waals surface area contributed by atoms with Gasteiger partial charge in [-0.2, -0.15) is 0 Å². The lowest BCUT2D eigenvalue weighted by molar-refractivity contribution is -0.136. The van der Waals surface area contributed by atoms with Crippen LogP contribution in [0.2, 0.25) is 0 Å². The molecule has 4 atom stereocenters. The van der Waals surface area contributed by atoms with E-state index < -0.39 is 48.4 Å². The number of hydrogen-bond acceptors (Lipinski definition) is 8. The molecule has 5 N–H and O–H groups in total. The summed E-state index contributed by atoms with van der Waals surface area (Å²) in [5.41, 5.74) is -1.34. The number of carboxylic acid groups (broad SMARTS) is 1. The Bertz CT molecular complexity index is 699. The van der Waals surface area contributed by atoms with Gasteiger partial charge in [-0.1, -0.05) is 0 Å². The maximum absolute atomic E-state index is 12.0. The van der Waals surface area contributed by atoms with Gasteiger partial charge in [-0.05, 0) is 0 Å². The molecule has 1 saturated heterocycles. The Kier molecular flexibility index (Phi) is 5.85. The first kappa shape index (κ1) is 18.3. The van der Waals surface area contributed by atoms with Crippen LogP contribution in [0.3, 0.4) is 0 Å². The second kappa shape index (κ2) is 7.68. The van der Waals surface area contributed by atoms with Gasteiger partial charge >= 0.3 is 11.7 Å². The van der Waals surface area contributed by atoms with Crippen molar-refractivity contribution in [2.24, 2.45) is 0 Å². The second-order valence-corrected chi connectivity index (χ2v) is 5.26. The van der Waals surface area contributed by atoms with Crippen molar-refractivity contribution in [2.45, 2.75) is 31.1 Å². The number of ether oxygens (including phenoxy) is 2. The van der Waals surface area contributed by atoms with Gasteiger partial charge in [0.2, 0.25) is 0 Å². The molecular weight excluding hydrogens is 326 g/mol. The molecular formula is C13H19N3O8. The Morgan fingerprint density at radius 3 is 2.79 bits per heavy atom. The monoisotopic (exact) mass is 345 g/mol. The number of rotatable bonds is 7. The normalized spacial score (nSPS) is 26.6. The number of hydrogen-bond donors (Lipinski definition) is 5. The van der Waals surface area contributed by atoms with E-state index in [-0.39, 0.29) is 18.7 Å². The number of methoxy groups -OCH3 is 1. The van der Waals surface area contributed by atoms with E-state index in [2.05, 4.69) is 10.3 Å². The number of carboxylic acids is 1. The first-order chi connectivity index (χ1) is 11.4. The molecule has 11 nitrogen and oxygen atoms in total. The van der Waals surface area contributed by atoms with Gasteiger partial charge in [-0.15, -0.1) is 0 Å². The molecule has 1 aliphatic rings. The highest BCUT2D eigenvalue weighted by atomic mass is 16.6. The van der Waals surface area contributed by atoms with Crippen LogP contribution in [0.15, 0.2) is 15.8 Å². The molecule has 0 spiro atoms. The van der Waals surface area contributed by atoms with E-state index in [1.54, 1.807) is 0 Å². The van der Waals surface area contributed by atoms with Crippen LogP contribution >= 0.6 is 0 Å². The van der Waals surface area contributed by atoms with E-state index in [9.17, 15) is 24.6 Å². The van der Waals surface area contributed by atoms with Crippen LogP contribution in [-0.4, -0.2) is 69.4 Å². The third kappa shape index (κ3) is 3.71. The predicted molar refractivity (Wildman–Crippen MR) is 78.5 cm³/mol. The lowest BCUT2D eigenvalue weighted by atomic mass is 10.1. The van der Waals surface area contributed by atoms with Crippen molar-refractivity contribution in [1.29, 1.82) is 0 Å². The number of H-pyrrole nitrogens is 1. The van der Waals surface area contributed by atoms with Gasteiger partial charge in [0.15, 0.2) is 6.23 Å². The van der Waals surface area contributed by atoms with Gasteiger partial charge in [0.05, 0.1) is 13.2 Å². The fourth-order valence-electron chi connectivity index (χ4n) is 2.49. The van der Waals surface area contributed by atoms with E-state index in [0.717, 1.165) is 4.57 Å². The summed E-state index contributed by atoms with van der Waals surface area (Å²) < 4.78 is 11.6. The Balaban J connectivity index is 2.31. The minimum absolute atomic E-state index is 0.0851. The third-order valence-electron chi connectivity index (χ3n) is 3.67. The molecule has 1 fully saturated rings. The number of nitrogens with zero attached hydrogens (tertiary/aromatic N) is 1. The molecule has 11 heteroatoms. The number of carbonyl (C=O) groups is 1. The third-order valence-corrected chi connectivity index (χ3v) is 3.67. The summed E-state index contributed by atoms with van der Waals surface area (Å²) >= 11 is 0. The van der Waals surface area contributed by atoms with Crippen molar-refractivity contribution in [3.8, 4) is 0 Å². The van der Waals surface area contributed by atoms with Crippen LogP contribution in [0.25, 0.3) is 0 Å². The molecule has 0 saturated carbocycles. The fraction of sp³-hybridized carbons (Fsp3) is 0.615. The molecule has 1 aromatic rings. The van der Waals surface area contributed by atoms with Gasteiger partial charge < -0.3 is 30.1 Å². The molecule has 2 rings (SSSR count). The van der Waals surface area contributed by atoms with Crippen molar-refractivity contribution < 1.29 is 29.6 Å². The Labute approximate surface area is 135 Å². The highest BCUT2D eigenvalue weighted by molar-refractivity contribution is 5.68. The Hall–Kier alpha value is -2.05. The maximum atomic E-state index is 12.0. The number of aliphatic carboxylic acids is 1. The molecule has 24 heavy (non-hydrogen) atoms. The van der Waals surface area contributed by atoms with Crippen LogP contribution in [0.5, 0.6) is 0 Å². The summed E-state index contributed by atoms with van der Waals surface area (Å²) in [7, 11) is 1.32. The topological polar surface area (TPSA) is 163 Å². The van der Waals surface area contributed by atoms with E-state index in [0.29, 0.717) is 0 Å². The molecule has 0 aliphatic carbocycles. The van der Waals surface area contributed by atoms with Crippen LogP contribution in [-0.2, 0) is 20.8 Å². The minimum Gasteiger partial charge on any atom is -0.480 e. The minimum atomic E-state index is -1.16. The SMILES string of the molecule is CO[C@@H]1[C@H](O)[C@@H](CO)O[C@H]1n1cc(CNCC(=O)O)c(=O)[nH]c1=O. The van der Waals surface area contributed by atoms with Crippen molar-refractivity contribution in [3.05, 3.63) is 32.6 Å². The summed E-state index contributed by atoms with van der Waals surface area (Å²) in [6, 6.07) is 0. The summed E-state index contributed by atoms with van der Waals surface area (Å²) in [6.07, 6.45) is -2.86. The van der Waals surface area contributed by atoms with E-state index in [1.165, 1.54) is 13.3 Å². The second-order valence-electron chi connectivity index (χ2n) is 5.26. The first-order valence-corrected chi connectivity index (χ1v) is 7.13. The molecule has 2 heterocycles. The smallest absolute Gasteiger partial charge is 0.330 e. The molecule has 0 aromatic carbocycles. The van der Waals surface area contributed by atoms with Gasteiger partial charge in [0.25, 0.3) is 5.56 Å². The molecule has 1 aromatic heterocycles. The maximum Gasteiger partial charge on any atom is 0.330 e. The van der Waals surface area contributed by atoms with Crippen LogP contribution in [0.1, 0.15) is 11.8 Å². The molecule has 1 aliphatic heterocycles. The Morgan fingerprint density at radius 2 is 2.21 bits per heavy atom. The zero-order chi connectivity index (χ0) is 17.9. The lowest BCUT2D eigenvalue weighted by Crippen LogP contribution is -2.40. The van der Waals surface area contributed by atoms with Gasteiger partial charge in [-0.3, -0.25) is 19.1 Å². The zero-order valence-corrected chi connectivity index (χ0v) is 12.8. The standard InChI is InChI=1S/C13H19N3O8/c1-23-10-9(20)7(5-17)24-12(10)16-4-6(2-14-3-8(18)19)11(21)15-13(16)22/h4,7,9-10,12,14,17,20H,2-3,5H2,1H3,(H,18,19)(H,15,21,22)/t7-,9-,10-,12-/m1/s1. The van der Waals surface area contributed by atoms with Gasteiger partial charge in [0, 0.05) is 25.4 Å². The fourth-order valence-corrected chi connectivity index (χ4v) is 2.49. The predicted octanol–water partition coefficient (Wildman–Crippen LogP) is -3.02. The number of aromatic amines is 1. The van der Waals surface area contributed by atoms with Crippen LogP contribution in [0, 0.1) is 0 Å². The summed E-state index contributed by atoms with van der Waals surface area (Å²) in [5.74, 6) is -1.09. The van der Waals surface area contributed by atoms with Gasteiger partial charge in [-0.25, -0.2) is 4.79 Å². The van der Waals surface area contributed by atoms with E-state index >= 15 is 0 Å². The molecule has 0 radical (unpaired) electrons. The van der Waals surface area contributed by atoms with Crippen LogP contribution in [0.4, 0.5) is 0 Å². The van der Waals surface area contributed by atoms with Crippen molar-refractivity contribution >= 4 is 5.97 Å². The number of aliphatic hydroxyl groups excluding tert-OH is 2. The average Bonchev–Trinajstić information content (AvgIpc) is 2.84. The van der Waals surface area contributed by atoms with Gasteiger partial charge in [0.1, 0.15) is 18.3 Å². The number of aliphatic hydroxyl groups is 2. The zero-order valence-electron chi connectivity index (χ0n) is 12.8. The average molecular weight is 345 g/mol. The Morgan fingerprint density at radius 1 is 1.50 bits per heavy atom.